The Morgan fingerprint density at radius 1 is 0.863 bits per heavy atom. The molecule has 1 aliphatic heterocycles. The van der Waals surface area contributed by atoms with Crippen LogP contribution in [0.3, 0.4) is 0 Å². The molecule has 2 amide bonds. The first-order valence-corrected chi connectivity index (χ1v) is 17.8. The summed E-state index contributed by atoms with van der Waals surface area (Å²) in [6, 6.07) is 27.9. The quantitative estimate of drug-likeness (QED) is 0.119. The molecule has 1 saturated heterocycles. The second kappa shape index (κ2) is 16.6. The number of hydrogen-bond donors (Lipinski definition) is 2. The van der Waals surface area contributed by atoms with Crippen LogP contribution in [0.1, 0.15) is 44.9 Å². The molecule has 0 unspecified atom stereocenters. The normalized spacial score (nSPS) is 13.9. The third-order valence-electron chi connectivity index (χ3n) is 8.89. The Bertz CT molecular complexity index is 1880. The zero-order chi connectivity index (χ0) is 35.7. The first kappa shape index (κ1) is 35.5. The van der Waals surface area contributed by atoms with Gasteiger partial charge in [-0.1, -0.05) is 42.5 Å². The maximum absolute atomic E-state index is 14.3. The van der Waals surface area contributed by atoms with Crippen molar-refractivity contribution in [3.8, 4) is 11.5 Å². The number of amides is 2. The Labute approximate surface area is 301 Å². The van der Waals surface area contributed by atoms with Crippen LogP contribution in [-0.4, -0.2) is 96.4 Å². The average molecular weight is 708 g/mol. The van der Waals surface area contributed by atoms with Crippen LogP contribution < -0.4 is 14.8 Å². The van der Waals surface area contributed by atoms with Gasteiger partial charge in [-0.3, -0.25) is 14.5 Å². The number of fused-ring (bicyclic) bond motifs is 1. The number of methoxy groups -OCH3 is 2. The van der Waals surface area contributed by atoms with Crippen LogP contribution in [0.15, 0.2) is 102 Å². The lowest BCUT2D eigenvalue weighted by Gasteiger charge is -2.40. The zero-order valence-electron chi connectivity index (χ0n) is 28.8. The van der Waals surface area contributed by atoms with Crippen LogP contribution in [0.4, 0.5) is 0 Å². The summed E-state index contributed by atoms with van der Waals surface area (Å²) in [6.07, 6.45) is 1.59. The number of carbonyl (C=O) groups is 3. The summed E-state index contributed by atoms with van der Waals surface area (Å²) in [4.78, 5) is 52.2. The topological polar surface area (TPSA) is 126 Å². The van der Waals surface area contributed by atoms with E-state index in [-0.39, 0.29) is 24.3 Å². The van der Waals surface area contributed by atoms with Crippen molar-refractivity contribution in [2.45, 2.75) is 24.0 Å². The van der Waals surface area contributed by atoms with Crippen molar-refractivity contribution in [3.05, 3.63) is 120 Å². The summed E-state index contributed by atoms with van der Waals surface area (Å²) >= 11 is 1.23. The highest BCUT2D eigenvalue weighted by Gasteiger charge is 2.33. The largest absolute Gasteiger partial charge is 0.497 e. The van der Waals surface area contributed by atoms with Crippen molar-refractivity contribution in [1.29, 1.82) is 0 Å². The first-order chi connectivity index (χ1) is 24.9. The number of ether oxygens (including phenoxy) is 3. The fraction of sp³-hybridized carbons (Fsp3) is 0.282. The molecule has 1 fully saturated rings. The van der Waals surface area contributed by atoms with Crippen LogP contribution in [0, 0.1) is 0 Å². The number of thioether (sulfide) groups is 1. The van der Waals surface area contributed by atoms with Gasteiger partial charge in [0.1, 0.15) is 28.3 Å². The fourth-order valence-electron chi connectivity index (χ4n) is 6.25. The highest BCUT2D eigenvalue weighted by Crippen LogP contribution is 2.32. The number of nitrogens with zero attached hydrogens (tertiary/aromatic N) is 3. The van der Waals surface area contributed by atoms with Gasteiger partial charge in [-0.15, -0.1) is 11.8 Å². The van der Waals surface area contributed by atoms with Gasteiger partial charge in [0.2, 0.25) is 5.91 Å². The number of nitrogens with one attached hydrogen (secondary N) is 2. The third-order valence-corrected chi connectivity index (χ3v) is 9.98. The Morgan fingerprint density at radius 3 is 2.12 bits per heavy atom. The van der Waals surface area contributed by atoms with Crippen LogP contribution in [0.25, 0.3) is 10.9 Å². The minimum atomic E-state index is -0.892. The van der Waals surface area contributed by atoms with E-state index in [2.05, 4.69) is 44.5 Å². The molecule has 3 aromatic carbocycles. The van der Waals surface area contributed by atoms with Gasteiger partial charge in [-0.05, 0) is 66.6 Å². The minimum Gasteiger partial charge on any atom is -0.497 e. The second-order valence-electron chi connectivity index (χ2n) is 12.0. The maximum atomic E-state index is 14.3. The molecule has 51 heavy (non-hydrogen) atoms. The number of rotatable bonds is 13. The van der Waals surface area contributed by atoms with E-state index >= 15 is 0 Å². The molecule has 0 bridgehead atoms. The molecule has 6 rings (SSSR count). The van der Waals surface area contributed by atoms with Gasteiger partial charge >= 0.3 is 5.97 Å². The van der Waals surface area contributed by atoms with Crippen molar-refractivity contribution < 1.29 is 28.6 Å². The molecule has 1 atom stereocenters. The molecule has 0 aliphatic carbocycles. The summed E-state index contributed by atoms with van der Waals surface area (Å²) in [5.41, 5.74) is 3.71. The molecular formula is C39H41N5O6S. The molecule has 2 N–H and O–H groups in total. The zero-order valence-corrected chi connectivity index (χ0v) is 29.7. The van der Waals surface area contributed by atoms with Crippen LogP contribution >= 0.6 is 11.8 Å². The molecule has 0 spiro atoms. The lowest BCUT2D eigenvalue weighted by molar-refractivity contribution is -0.134. The standard InChI is InChI=1S/C39H41N5O6S/c1-4-50-39(47)31-9-7-19-40-37(31)51-25-34(42-36(45)33-24-28-8-5-6-10-32(28)41-33)38(46)44-22-20-43(21-23-44)35(26-11-15-29(48-2)16-12-26)27-13-17-30(49-3)18-14-27/h5-19,24,34-35,41H,4,20-23,25H2,1-3H3,(H,42,45)/t34-/m0/s1. The van der Waals surface area contributed by atoms with E-state index in [0.29, 0.717) is 42.5 Å². The van der Waals surface area contributed by atoms with E-state index in [1.54, 1.807) is 50.4 Å². The van der Waals surface area contributed by atoms with E-state index in [1.165, 1.54) is 11.8 Å². The molecule has 0 saturated carbocycles. The van der Waals surface area contributed by atoms with E-state index in [9.17, 15) is 14.4 Å². The number of esters is 1. The molecule has 264 valence electrons. The van der Waals surface area contributed by atoms with Gasteiger partial charge in [-0.25, -0.2) is 9.78 Å². The first-order valence-electron chi connectivity index (χ1n) is 16.8. The number of pyridine rings is 1. The molecular weight excluding hydrogens is 667 g/mol. The van der Waals surface area contributed by atoms with Gasteiger partial charge < -0.3 is 29.4 Å². The summed E-state index contributed by atoms with van der Waals surface area (Å²) in [5.74, 6) is 0.634. The van der Waals surface area contributed by atoms with Crippen molar-refractivity contribution in [1.82, 2.24) is 25.1 Å². The highest BCUT2D eigenvalue weighted by atomic mass is 32.2. The van der Waals surface area contributed by atoms with E-state index < -0.39 is 17.9 Å². The smallest absolute Gasteiger partial charge is 0.340 e. The van der Waals surface area contributed by atoms with Crippen LogP contribution in [-0.2, 0) is 9.53 Å². The molecule has 12 heteroatoms. The number of hydrogen-bond acceptors (Lipinski definition) is 9. The molecule has 3 heterocycles. The lowest BCUT2D eigenvalue weighted by Crippen LogP contribution is -2.56. The summed E-state index contributed by atoms with van der Waals surface area (Å²) in [5, 5.41) is 4.31. The van der Waals surface area contributed by atoms with Crippen LogP contribution in [0.5, 0.6) is 11.5 Å². The Kier molecular flexibility index (Phi) is 11.5. The number of benzene rings is 3. The van der Waals surface area contributed by atoms with Crippen molar-refractivity contribution in [2.24, 2.45) is 0 Å². The molecule has 0 radical (unpaired) electrons. The van der Waals surface area contributed by atoms with E-state index in [0.717, 1.165) is 33.5 Å². The van der Waals surface area contributed by atoms with E-state index in [4.69, 9.17) is 14.2 Å². The Morgan fingerprint density at radius 2 is 1.51 bits per heavy atom. The van der Waals surface area contributed by atoms with Gasteiger partial charge in [0.05, 0.1) is 32.4 Å². The predicted molar refractivity (Wildman–Crippen MR) is 196 cm³/mol. The van der Waals surface area contributed by atoms with Gasteiger partial charge in [-0.2, -0.15) is 0 Å². The van der Waals surface area contributed by atoms with Gasteiger partial charge in [0.25, 0.3) is 5.91 Å². The van der Waals surface area contributed by atoms with Crippen molar-refractivity contribution >= 4 is 40.4 Å². The number of aromatic nitrogens is 2. The number of para-hydroxylation sites is 1. The lowest BCUT2D eigenvalue weighted by atomic mass is 9.96. The van der Waals surface area contributed by atoms with Gasteiger partial charge in [0.15, 0.2) is 0 Å². The third kappa shape index (κ3) is 8.35. The molecule has 5 aromatic rings. The highest BCUT2D eigenvalue weighted by molar-refractivity contribution is 7.99. The number of H-pyrrole nitrogens is 1. The maximum Gasteiger partial charge on any atom is 0.340 e. The predicted octanol–water partition coefficient (Wildman–Crippen LogP) is 5.58. The van der Waals surface area contributed by atoms with Crippen molar-refractivity contribution in [2.75, 3.05) is 52.8 Å². The second-order valence-corrected chi connectivity index (χ2v) is 13.0. The number of piperazine rings is 1. The minimum absolute atomic E-state index is 0.0578. The SMILES string of the molecule is CCOC(=O)c1cccnc1SC[C@H](NC(=O)c1cc2ccccc2[nH]1)C(=O)N1CCN(C(c2ccc(OC)cc2)c2ccc(OC)cc2)CC1. The monoisotopic (exact) mass is 707 g/mol. The summed E-state index contributed by atoms with van der Waals surface area (Å²) in [7, 11) is 3.30. The van der Waals surface area contributed by atoms with Crippen LogP contribution in [0.2, 0.25) is 0 Å². The van der Waals surface area contributed by atoms with Gasteiger partial charge in [0, 0.05) is 49.0 Å². The fourth-order valence-corrected chi connectivity index (χ4v) is 7.24. The number of carbonyl (C=O) groups excluding carboxylic acids is 3. The molecule has 11 nitrogen and oxygen atoms in total. The summed E-state index contributed by atoms with van der Waals surface area (Å²) in [6.45, 7) is 4.11. The van der Waals surface area contributed by atoms with E-state index in [1.807, 2.05) is 48.5 Å². The average Bonchev–Trinajstić information content (AvgIpc) is 3.62. The molecule has 2 aromatic heterocycles. The number of aromatic amines is 1. The summed E-state index contributed by atoms with van der Waals surface area (Å²) < 4.78 is 16.0. The Balaban J connectivity index is 1.21. The Hall–Kier alpha value is -5.33. The van der Waals surface area contributed by atoms with Crippen molar-refractivity contribution in [3.63, 3.8) is 0 Å². The molecule has 1 aliphatic rings.